The first-order chi connectivity index (χ1) is 9.98. The van der Waals surface area contributed by atoms with E-state index in [1.807, 2.05) is 0 Å². The third-order valence-corrected chi connectivity index (χ3v) is 3.08. The summed E-state index contributed by atoms with van der Waals surface area (Å²) < 4.78 is 45.9. The zero-order chi connectivity index (χ0) is 17.1. The van der Waals surface area contributed by atoms with Crippen LogP contribution in [-0.2, 0) is 10.2 Å². The Morgan fingerprint density at radius 3 is 2.09 bits per heavy atom. The molecule has 1 unspecified atom stereocenters. The summed E-state index contributed by atoms with van der Waals surface area (Å²) in [4.78, 5) is 11.7. The first-order valence-electron chi connectivity index (χ1n) is 6.80. The summed E-state index contributed by atoms with van der Waals surface area (Å²) in [6.45, 7) is 6.24. The normalized spacial score (nSPS) is 14.4. The van der Waals surface area contributed by atoms with Crippen LogP contribution in [0.25, 0.3) is 0 Å². The number of amides is 1. The highest BCUT2D eigenvalue weighted by atomic mass is 19.1. The summed E-state index contributed by atoms with van der Waals surface area (Å²) in [6, 6.07) is 1.17. The van der Waals surface area contributed by atoms with E-state index in [0.717, 1.165) is 0 Å². The van der Waals surface area contributed by atoms with E-state index in [4.69, 9.17) is 10.5 Å². The molecule has 0 bridgehead atoms. The molecule has 0 fully saturated rings. The van der Waals surface area contributed by atoms with Gasteiger partial charge in [0, 0.05) is 36.2 Å². The van der Waals surface area contributed by atoms with Crippen molar-refractivity contribution in [2.24, 2.45) is 5.73 Å². The lowest BCUT2D eigenvalue weighted by Gasteiger charge is -2.30. The average Bonchev–Trinajstić information content (AvgIpc) is 2.33. The minimum absolute atomic E-state index is 0.151. The molecule has 1 aromatic rings. The van der Waals surface area contributed by atoms with Crippen LogP contribution >= 0.6 is 0 Å². The number of halogens is 3. The topological polar surface area (TPSA) is 64.3 Å². The Morgan fingerprint density at radius 2 is 1.68 bits per heavy atom. The van der Waals surface area contributed by atoms with Gasteiger partial charge in [-0.2, -0.15) is 0 Å². The predicted octanol–water partition coefficient (Wildman–Crippen LogP) is 2.84. The molecular weight excluding hydrogens is 297 g/mol. The maximum Gasteiger partial charge on any atom is 0.407 e. The zero-order valence-electron chi connectivity index (χ0n) is 13.1. The SMILES string of the molecule is CC(C)(C)OC(=O)NCC(C)(CN)c1c(F)cc(F)cc1F. The number of benzene rings is 1. The van der Waals surface area contributed by atoms with Crippen molar-refractivity contribution in [1.29, 1.82) is 0 Å². The van der Waals surface area contributed by atoms with Gasteiger partial charge in [-0.15, -0.1) is 0 Å². The number of hydrogen-bond donors (Lipinski definition) is 2. The highest BCUT2D eigenvalue weighted by Crippen LogP contribution is 2.28. The van der Waals surface area contributed by atoms with Crippen LogP contribution in [0.2, 0.25) is 0 Å². The summed E-state index contributed by atoms with van der Waals surface area (Å²) >= 11 is 0. The van der Waals surface area contributed by atoms with Crippen molar-refractivity contribution >= 4 is 6.09 Å². The van der Waals surface area contributed by atoms with Crippen LogP contribution in [0, 0.1) is 17.5 Å². The van der Waals surface area contributed by atoms with Gasteiger partial charge in [0.2, 0.25) is 0 Å². The average molecular weight is 318 g/mol. The minimum Gasteiger partial charge on any atom is -0.444 e. The van der Waals surface area contributed by atoms with E-state index in [2.05, 4.69) is 5.32 Å². The predicted molar refractivity (Wildman–Crippen MR) is 77.0 cm³/mol. The quantitative estimate of drug-likeness (QED) is 0.897. The molecule has 0 aliphatic heterocycles. The van der Waals surface area contributed by atoms with Crippen LogP contribution < -0.4 is 11.1 Å². The third-order valence-electron chi connectivity index (χ3n) is 3.08. The molecule has 0 aromatic heterocycles. The second-order valence-electron chi connectivity index (χ2n) is 6.36. The molecule has 124 valence electrons. The van der Waals surface area contributed by atoms with E-state index in [-0.39, 0.29) is 18.7 Å². The number of carbonyl (C=O) groups excluding carboxylic acids is 1. The van der Waals surface area contributed by atoms with Gasteiger partial charge < -0.3 is 15.8 Å². The van der Waals surface area contributed by atoms with Crippen LogP contribution in [0.4, 0.5) is 18.0 Å². The van der Waals surface area contributed by atoms with Gasteiger partial charge in [-0.25, -0.2) is 18.0 Å². The van der Waals surface area contributed by atoms with Gasteiger partial charge in [0.1, 0.15) is 23.1 Å². The van der Waals surface area contributed by atoms with Gasteiger partial charge >= 0.3 is 6.09 Å². The van der Waals surface area contributed by atoms with E-state index >= 15 is 0 Å². The molecule has 0 aliphatic rings. The Kier molecular flexibility index (Phi) is 5.45. The van der Waals surface area contributed by atoms with E-state index < -0.39 is 34.6 Å². The van der Waals surface area contributed by atoms with E-state index in [1.54, 1.807) is 20.8 Å². The van der Waals surface area contributed by atoms with Gasteiger partial charge in [-0.05, 0) is 20.8 Å². The number of nitrogens with two attached hydrogens (primary N) is 1. The van der Waals surface area contributed by atoms with E-state index in [1.165, 1.54) is 6.92 Å². The molecule has 0 heterocycles. The summed E-state index contributed by atoms with van der Waals surface area (Å²) in [5.41, 5.74) is 3.30. The van der Waals surface area contributed by atoms with Crippen molar-refractivity contribution < 1.29 is 22.7 Å². The molecule has 1 aromatic carbocycles. The molecule has 7 heteroatoms. The molecule has 0 radical (unpaired) electrons. The standard InChI is InChI=1S/C15H21F3N2O2/c1-14(2,3)22-13(21)20-8-15(4,7-19)12-10(17)5-9(16)6-11(12)18/h5-6H,7-8,19H2,1-4H3,(H,20,21). The Balaban J connectivity index is 2.96. The van der Waals surface area contributed by atoms with Crippen LogP contribution in [0.3, 0.4) is 0 Å². The molecule has 4 nitrogen and oxygen atoms in total. The minimum atomic E-state index is -1.24. The molecule has 0 spiro atoms. The van der Waals surface area contributed by atoms with Gasteiger partial charge in [0.25, 0.3) is 0 Å². The molecule has 0 saturated heterocycles. The number of nitrogens with one attached hydrogen (secondary N) is 1. The fourth-order valence-electron chi connectivity index (χ4n) is 1.96. The van der Waals surface area contributed by atoms with Crippen molar-refractivity contribution in [3.63, 3.8) is 0 Å². The van der Waals surface area contributed by atoms with Gasteiger partial charge in [-0.1, -0.05) is 6.92 Å². The van der Waals surface area contributed by atoms with Crippen LogP contribution in [-0.4, -0.2) is 24.8 Å². The Morgan fingerprint density at radius 1 is 1.18 bits per heavy atom. The fourth-order valence-corrected chi connectivity index (χ4v) is 1.96. The second-order valence-corrected chi connectivity index (χ2v) is 6.36. The van der Waals surface area contributed by atoms with E-state index in [0.29, 0.717) is 12.1 Å². The number of carbonyl (C=O) groups is 1. The molecule has 0 saturated carbocycles. The lowest BCUT2D eigenvalue weighted by molar-refractivity contribution is 0.0515. The molecule has 1 amide bonds. The van der Waals surface area contributed by atoms with Crippen molar-refractivity contribution in [1.82, 2.24) is 5.32 Å². The number of alkyl carbamates (subject to hydrolysis) is 1. The lowest BCUT2D eigenvalue weighted by atomic mass is 9.81. The summed E-state index contributed by atoms with van der Waals surface area (Å²) in [7, 11) is 0. The molecule has 3 N–H and O–H groups in total. The highest BCUT2D eigenvalue weighted by Gasteiger charge is 2.33. The number of ether oxygens (including phenoxy) is 1. The van der Waals surface area contributed by atoms with Crippen molar-refractivity contribution in [3.05, 3.63) is 35.1 Å². The number of hydrogen-bond acceptors (Lipinski definition) is 3. The third kappa shape index (κ3) is 4.62. The monoisotopic (exact) mass is 318 g/mol. The second kappa shape index (κ2) is 6.56. The number of rotatable bonds is 4. The highest BCUT2D eigenvalue weighted by molar-refractivity contribution is 5.67. The van der Waals surface area contributed by atoms with Gasteiger partial charge in [-0.3, -0.25) is 0 Å². The van der Waals surface area contributed by atoms with Crippen molar-refractivity contribution in [3.8, 4) is 0 Å². The van der Waals surface area contributed by atoms with Gasteiger partial charge in [0.15, 0.2) is 0 Å². The molecule has 1 atom stereocenters. The lowest BCUT2D eigenvalue weighted by Crippen LogP contribution is -2.46. The largest absolute Gasteiger partial charge is 0.444 e. The van der Waals surface area contributed by atoms with Crippen LogP contribution in [0.1, 0.15) is 33.3 Å². The zero-order valence-corrected chi connectivity index (χ0v) is 13.1. The van der Waals surface area contributed by atoms with Crippen LogP contribution in [0.5, 0.6) is 0 Å². The molecule has 1 rings (SSSR count). The smallest absolute Gasteiger partial charge is 0.407 e. The molecule has 0 aliphatic carbocycles. The maximum absolute atomic E-state index is 13.9. The van der Waals surface area contributed by atoms with E-state index in [9.17, 15) is 18.0 Å². The van der Waals surface area contributed by atoms with Crippen molar-refractivity contribution in [2.75, 3.05) is 13.1 Å². The van der Waals surface area contributed by atoms with Gasteiger partial charge in [0.05, 0.1) is 0 Å². The fraction of sp³-hybridized carbons (Fsp3) is 0.533. The summed E-state index contributed by atoms with van der Waals surface area (Å²) in [5.74, 6) is -3.11. The summed E-state index contributed by atoms with van der Waals surface area (Å²) in [5, 5.41) is 2.43. The Labute approximate surface area is 127 Å². The van der Waals surface area contributed by atoms with Crippen LogP contribution in [0.15, 0.2) is 12.1 Å². The first-order valence-corrected chi connectivity index (χ1v) is 6.80. The molecule has 22 heavy (non-hydrogen) atoms. The Hall–Kier alpha value is -1.76. The summed E-state index contributed by atoms with van der Waals surface area (Å²) in [6.07, 6.45) is -0.727. The van der Waals surface area contributed by atoms with Crippen molar-refractivity contribution in [2.45, 2.75) is 38.7 Å². The first kappa shape index (κ1) is 18.3. The Bertz CT molecular complexity index is 535. The molecular formula is C15H21F3N2O2. The maximum atomic E-state index is 13.9.